The van der Waals surface area contributed by atoms with Crippen LogP contribution in [0.3, 0.4) is 0 Å². The summed E-state index contributed by atoms with van der Waals surface area (Å²) in [5, 5.41) is 12.1. The number of Topliss-reactive ketones (excluding diaryl/α,β-unsaturated/α-hetero) is 1. The molecule has 26 heavy (non-hydrogen) atoms. The molecule has 5 heteroatoms. The van der Waals surface area contributed by atoms with Gasteiger partial charge in [0.25, 0.3) is 0 Å². The molecular formula is C21H23NO4. The number of carbonyl (C=O) groups excluding carboxylic acids is 1. The summed E-state index contributed by atoms with van der Waals surface area (Å²) in [5.41, 5.74) is 4.95. The summed E-state index contributed by atoms with van der Waals surface area (Å²) in [6.45, 7) is 0.554. The first-order valence-corrected chi connectivity index (χ1v) is 8.85. The average molecular weight is 353 g/mol. The molecule has 1 aliphatic rings. The van der Waals surface area contributed by atoms with E-state index in [1.807, 2.05) is 30.3 Å². The largest absolute Gasteiger partial charge is 0.496 e. The number of anilines is 1. The molecule has 0 atom stereocenters. The summed E-state index contributed by atoms with van der Waals surface area (Å²) in [6, 6.07) is 11.9. The van der Waals surface area contributed by atoms with Crippen LogP contribution in [0.15, 0.2) is 36.4 Å². The maximum atomic E-state index is 12.1. The maximum Gasteiger partial charge on any atom is 0.303 e. The Morgan fingerprint density at radius 3 is 2.77 bits per heavy atom. The van der Waals surface area contributed by atoms with Crippen molar-refractivity contribution < 1.29 is 19.4 Å². The summed E-state index contributed by atoms with van der Waals surface area (Å²) in [4.78, 5) is 22.8. The predicted molar refractivity (Wildman–Crippen MR) is 100 cm³/mol. The molecule has 0 saturated carbocycles. The van der Waals surface area contributed by atoms with Crippen molar-refractivity contribution in [3.05, 3.63) is 58.7 Å². The lowest BCUT2D eigenvalue weighted by atomic mass is 9.97. The van der Waals surface area contributed by atoms with Gasteiger partial charge in [0.1, 0.15) is 5.75 Å². The van der Waals surface area contributed by atoms with Crippen molar-refractivity contribution >= 4 is 17.4 Å². The first kappa shape index (κ1) is 18.0. The van der Waals surface area contributed by atoms with Crippen molar-refractivity contribution in [1.29, 1.82) is 0 Å². The van der Waals surface area contributed by atoms with Crippen LogP contribution in [0.25, 0.3) is 0 Å². The number of nitrogens with one attached hydrogen (secondary N) is 1. The zero-order valence-corrected chi connectivity index (χ0v) is 14.9. The molecule has 5 nitrogen and oxygen atoms in total. The molecular weight excluding hydrogens is 330 g/mol. The van der Waals surface area contributed by atoms with E-state index in [2.05, 4.69) is 11.4 Å². The third-order valence-electron chi connectivity index (χ3n) is 4.71. The molecule has 0 amide bonds. The minimum absolute atomic E-state index is 0.124. The second kappa shape index (κ2) is 8.04. The van der Waals surface area contributed by atoms with Crippen LogP contribution in [-0.4, -0.2) is 30.5 Å². The fraction of sp³-hybridized carbons (Fsp3) is 0.333. The second-order valence-corrected chi connectivity index (χ2v) is 6.50. The molecule has 1 aliphatic carbocycles. The number of carboxylic acids is 1. The molecule has 0 aliphatic heterocycles. The van der Waals surface area contributed by atoms with E-state index >= 15 is 0 Å². The summed E-state index contributed by atoms with van der Waals surface area (Å²) in [5.74, 6) is 0.212. The Morgan fingerprint density at radius 1 is 1.19 bits per heavy atom. The molecule has 136 valence electrons. The molecule has 0 saturated heterocycles. The highest BCUT2D eigenvalue weighted by Crippen LogP contribution is 2.31. The van der Waals surface area contributed by atoms with E-state index < -0.39 is 5.97 Å². The van der Waals surface area contributed by atoms with Crippen LogP contribution >= 0.6 is 0 Å². The first-order chi connectivity index (χ1) is 12.6. The normalized spacial score (nSPS) is 12.7. The highest BCUT2D eigenvalue weighted by atomic mass is 16.5. The van der Waals surface area contributed by atoms with Gasteiger partial charge in [0, 0.05) is 37.1 Å². The lowest BCUT2D eigenvalue weighted by Gasteiger charge is -2.16. The highest BCUT2D eigenvalue weighted by molar-refractivity contribution is 6.01. The number of ketones is 1. The van der Waals surface area contributed by atoms with E-state index in [4.69, 9.17) is 9.84 Å². The van der Waals surface area contributed by atoms with E-state index in [0.717, 1.165) is 40.1 Å². The van der Waals surface area contributed by atoms with Gasteiger partial charge < -0.3 is 15.2 Å². The zero-order chi connectivity index (χ0) is 18.5. The molecule has 0 spiro atoms. The van der Waals surface area contributed by atoms with Crippen LogP contribution < -0.4 is 10.1 Å². The minimum Gasteiger partial charge on any atom is -0.496 e. The number of aliphatic carboxylic acids is 1. The highest BCUT2D eigenvalue weighted by Gasteiger charge is 2.22. The summed E-state index contributed by atoms with van der Waals surface area (Å²) < 4.78 is 5.45. The molecule has 2 aromatic rings. The van der Waals surface area contributed by atoms with Crippen LogP contribution in [0.2, 0.25) is 0 Å². The van der Waals surface area contributed by atoms with Crippen molar-refractivity contribution in [2.75, 3.05) is 19.0 Å². The van der Waals surface area contributed by atoms with Gasteiger partial charge >= 0.3 is 5.97 Å². The molecule has 0 heterocycles. The van der Waals surface area contributed by atoms with E-state index in [1.165, 1.54) is 0 Å². The SMILES string of the molecule is COc1ccccc1Cc1cc2c(cc1NCCCC(=O)O)C(=O)CC2. The van der Waals surface area contributed by atoms with Gasteiger partial charge in [-0.15, -0.1) is 0 Å². The van der Waals surface area contributed by atoms with Crippen molar-refractivity contribution in [3.8, 4) is 5.75 Å². The minimum atomic E-state index is -0.801. The van der Waals surface area contributed by atoms with Gasteiger partial charge in [-0.1, -0.05) is 24.3 Å². The van der Waals surface area contributed by atoms with Crippen molar-refractivity contribution in [1.82, 2.24) is 0 Å². The Balaban J connectivity index is 1.87. The number of aryl methyl sites for hydroxylation is 1. The van der Waals surface area contributed by atoms with Crippen LogP contribution in [0, 0.1) is 0 Å². The summed E-state index contributed by atoms with van der Waals surface area (Å²) >= 11 is 0. The number of carbonyl (C=O) groups is 2. The molecule has 0 aromatic heterocycles. The number of hydrogen-bond acceptors (Lipinski definition) is 4. The topological polar surface area (TPSA) is 75.6 Å². The number of methoxy groups -OCH3 is 1. The smallest absolute Gasteiger partial charge is 0.303 e. The Labute approximate surface area is 153 Å². The number of hydrogen-bond donors (Lipinski definition) is 2. The van der Waals surface area contributed by atoms with Gasteiger partial charge in [-0.3, -0.25) is 9.59 Å². The van der Waals surface area contributed by atoms with Gasteiger partial charge in [-0.25, -0.2) is 0 Å². The Hall–Kier alpha value is -2.82. The number of para-hydroxylation sites is 1. The molecule has 3 rings (SSSR count). The Kier molecular flexibility index (Phi) is 5.56. The van der Waals surface area contributed by atoms with Crippen LogP contribution in [0.5, 0.6) is 5.75 Å². The maximum absolute atomic E-state index is 12.1. The lowest BCUT2D eigenvalue weighted by Crippen LogP contribution is -2.08. The molecule has 0 fully saturated rings. The van der Waals surface area contributed by atoms with Crippen molar-refractivity contribution in [3.63, 3.8) is 0 Å². The van der Waals surface area contributed by atoms with Crippen LogP contribution in [0.1, 0.15) is 46.3 Å². The molecule has 0 bridgehead atoms. The van der Waals surface area contributed by atoms with Gasteiger partial charge in [-0.05, 0) is 41.7 Å². The quantitative estimate of drug-likeness (QED) is 0.708. The predicted octanol–water partition coefficient (Wildman–Crippen LogP) is 3.69. The van der Waals surface area contributed by atoms with Gasteiger partial charge in [-0.2, -0.15) is 0 Å². The van der Waals surface area contributed by atoms with E-state index in [1.54, 1.807) is 7.11 Å². The standard InChI is InChI=1S/C21H23NO4/c1-26-20-6-3-2-5-15(20)12-16-11-14-8-9-19(23)17(14)13-18(16)22-10-4-7-21(24)25/h2-3,5-6,11,13,22H,4,7-10,12H2,1H3,(H,24,25). The number of ether oxygens (including phenoxy) is 1. The van der Waals surface area contributed by atoms with E-state index in [0.29, 0.717) is 25.8 Å². The monoisotopic (exact) mass is 353 g/mol. The fourth-order valence-corrected chi connectivity index (χ4v) is 3.37. The molecule has 2 N–H and O–H groups in total. The van der Waals surface area contributed by atoms with E-state index in [-0.39, 0.29) is 12.2 Å². The number of carboxylic acid groups (broad SMARTS) is 1. The molecule has 0 radical (unpaired) electrons. The third kappa shape index (κ3) is 4.04. The van der Waals surface area contributed by atoms with Crippen LogP contribution in [0.4, 0.5) is 5.69 Å². The summed E-state index contributed by atoms with van der Waals surface area (Å²) in [7, 11) is 1.66. The van der Waals surface area contributed by atoms with Gasteiger partial charge in [0.05, 0.1) is 7.11 Å². The van der Waals surface area contributed by atoms with Crippen molar-refractivity contribution in [2.24, 2.45) is 0 Å². The third-order valence-corrected chi connectivity index (χ3v) is 4.71. The Bertz CT molecular complexity index is 829. The van der Waals surface area contributed by atoms with Crippen molar-refractivity contribution in [2.45, 2.75) is 32.1 Å². The van der Waals surface area contributed by atoms with Crippen LogP contribution in [-0.2, 0) is 17.6 Å². The summed E-state index contributed by atoms with van der Waals surface area (Å²) in [6.07, 6.45) is 2.69. The van der Waals surface area contributed by atoms with E-state index in [9.17, 15) is 9.59 Å². The van der Waals surface area contributed by atoms with Gasteiger partial charge in [0.2, 0.25) is 0 Å². The average Bonchev–Trinajstić information content (AvgIpc) is 2.99. The zero-order valence-electron chi connectivity index (χ0n) is 14.9. The molecule has 2 aromatic carbocycles. The second-order valence-electron chi connectivity index (χ2n) is 6.50. The first-order valence-electron chi connectivity index (χ1n) is 8.85. The lowest BCUT2D eigenvalue weighted by molar-refractivity contribution is -0.137. The van der Waals surface area contributed by atoms with Gasteiger partial charge in [0.15, 0.2) is 5.78 Å². The number of benzene rings is 2. The molecule has 0 unspecified atom stereocenters. The number of fused-ring (bicyclic) bond motifs is 1. The Morgan fingerprint density at radius 2 is 2.00 bits per heavy atom. The fourth-order valence-electron chi connectivity index (χ4n) is 3.37. The number of rotatable bonds is 8.